The summed E-state index contributed by atoms with van der Waals surface area (Å²) in [5.74, 6) is 0.839. The third-order valence-electron chi connectivity index (χ3n) is 4.89. The number of carbonyl (C=O) groups is 1. The summed E-state index contributed by atoms with van der Waals surface area (Å²) in [6.45, 7) is 2.08. The van der Waals surface area contributed by atoms with Gasteiger partial charge in [-0.15, -0.1) is 10.2 Å². The van der Waals surface area contributed by atoms with Gasteiger partial charge in [-0.2, -0.15) is 0 Å². The summed E-state index contributed by atoms with van der Waals surface area (Å²) in [4.78, 5) is 14.9. The van der Waals surface area contributed by atoms with E-state index in [1.165, 1.54) is 0 Å². The zero-order valence-corrected chi connectivity index (χ0v) is 16.6. The fraction of sp³-hybridized carbons (Fsp3) is 0.350. The Bertz CT molecular complexity index is 924. The van der Waals surface area contributed by atoms with Crippen LogP contribution in [0.5, 0.6) is 5.75 Å². The summed E-state index contributed by atoms with van der Waals surface area (Å²) in [6.07, 6.45) is 5.77. The van der Waals surface area contributed by atoms with Crippen molar-refractivity contribution in [1.82, 2.24) is 20.1 Å². The predicted molar refractivity (Wildman–Crippen MR) is 109 cm³/mol. The summed E-state index contributed by atoms with van der Waals surface area (Å²) in [5, 5.41) is 13.4. The van der Waals surface area contributed by atoms with Crippen LogP contribution in [0.1, 0.15) is 18.4 Å². The SMILES string of the molecule is COc1cccc(CNC(=O)[C@H]2CCCN(c3nnc(-n4cccc4)s3)C2)c1. The van der Waals surface area contributed by atoms with Crippen LogP contribution in [-0.4, -0.2) is 40.9 Å². The Labute approximate surface area is 168 Å². The maximum atomic E-state index is 12.7. The summed E-state index contributed by atoms with van der Waals surface area (Å²) in [5.41, 5.74) is 1.03. The normalized spacial score (nSPS) is 16.8. The van der Waals surface area contributed by atoms with Crippen molar-refractivity contribution in [3.05, 3.63) is 54.4 Å². The summed E-state index contributed by atoms with van der Waals surface area (Å²) < 4.78 is 7.18. The first-order valence-corrected chi connectivity index (χ1v) is 10.2. The number of amides is 1. The number of rotatable bonds is 6. The molecule has 0 radical (unpaired) electrons. The number of ether oxygens (including phenoxy) is 1. The van der Waals surface area contributed by atoms with Gasteiger partial charge in [0.15, 0.2) is 0 Å². The van der Waals surface area contributed by atoms with Gasteiger partial charge in [-0.25, -0.2) is 0 Å². The molecular formula is C20H23N5O2S. The average molecular weight is 398 g/mol. The molecule has 0 saturated carbocycles. The van der Waals surface area contributed by atoms with Crippen LogP contribution >= 0.6 is 11.3 Å². The molecule has 0 bridgehead atoms. The number of nitrogens with zero attached hydrogens (tertiary/aromatic N) is 4. The molecule has 2 aromatic heterocycles. The standard InChI is InChI=1S/C20H23N5O2S/c1-27-17-8-4-6-15(12-17)13-21-18(26)16-7-5-11-25(14-16)20-23-22-19(28-20)24-9-2-3-10-24/h2-4,6,8-10,12,16H,5,7,11,13-14H2,1H3,(H,21,26)/t16-/m0/s1. The molecule has 1 saturated heterocycles. The van der Waals surface area contributed by atoms with Crippen molar-refractivity contribution in [3.8, 4) is 10.9 Å². The molecule has 1 atom stereocenters. The van der Waals surface area contributed by atoms with Crippen LogP contribution in [0, 0.1) is 5.92 Å². The van der Waals surface area contributed by atoms with Crippen LogP contribution in [0.3, 0.4) is 0 Å². The minimum Gasteiger partial charge on any atom is -0.497 e. The highest BCUT2D eigenvalue weighted by Crippen LogP contribution is 2.28. The first-order valence-electron chi connectivity index (χ1n) is 9.35. The number of piperidine rings is 1. The van der Waals surface area contributed by atoms with Gasteiger partial charge in [0.2, 0.25) is 16.2 Å². The number of aromatic nitrogens is 3. The number of carbonyl (C=O) groups excluding carboxylic acids is 1. The third-order valence-corrected chi connectivity index (χ3v) is 5.89. The Kier molecular flexibility index (Phi) is 5.57. The van der Waals surface area contributed by atoms with E-state index in [1.54, 1.807) is 18.4 Å². The lowest BCUT2D eigenvalue weighted by molar-refractivity contribution is -0.125. The van der Waals surface area contributed by atoms with Crippen LogP contribution in [-0.2, 0) is 11.3 Å². The van der Waals surface area contributed by atoms with Gasteiger partial charge in [-0.3, -0.25) is 9.36 Å². The Morgan fingerprint density at radius 3 is 2.89 bits per heavy atom. The first-order chi connectivity index (χ1) is 13.7. The fourth-order valence-corrected chi connectivity index (χ4v) is 4.23. The van der Waals surface area contributed by atoms with Crippen molar-refractivity contribution in [1.29, 1.82) is 0 Å². The van der Waals surface area contributed by atoms with E-state index < -0.39 is 0 Å². The van der Waals surface area contributed by atoms with Gasteiger partial charge in [-0.1, -0.05) is 23.5 Å². The lowest BCUT2D eigenvalue weighted by Crippen LogP contribution is -2.43. The second kappa shape index (κ2) is 8.43. The van der Waals surface area contributed by atoms with Gasteiger partial charge in [-0.05, 0) is 42.7 Å². The smallest absolute Gasteiger partial charge is 0.225 e. The maximum Gasteiger partial charge on any atom is 0.225 e. The number of hydrogen-bond donors (Lipinski definition) is 1. The quantitative estimate of drug-likeness (QED) is 0.692. The molecule has 8 heteroatoms. The van der Waals surface area contributed by atoms with Crippen molar-refractivity contribution in [2.24, 2.45) is 5.92 Å². The number of methoxy groups -OCH3 is 1. The Balaban J connectivity index is 1.36. The molecule has 1 aliphatic heterocycles. The molecule has 146 valence electrons. The molecule has 1 aromatic carbocycles. The summed E-state index contributed by atoms with van der Waals surface area (Å²) in [6, 6.07) is 11.7. The van der Waals surface area contributed by atoms with Crippen molar-refractivity contribution in [3.63, 3.8) is 0 Å². The average Bonchev–Trinajstić information content (AvgIpc) is 3.44. The van der Waals surface area contributed by atoms with E-state index in [9.17, 15) is 4.79 Å². The highest BCUT2D eigenvalue weighted by atomic mass is 32.1. The molecule has 7 nitrogen and oxygen atoms in total. The van der Waals surface area contributed by atoms with Crippen LogP contribution in [0.15, 0.2) is 48.8 Å². The van der Waals surface area contributed by atoms with Gasteiger partial charge in [0, 0.05) is 32.0 Å². The highest BCUT2D eigenvalue weighted by Gasteiger charge is 2.27. The molecule has 1 amide bonds. The molecule has 4 rings (SSSR count). The van der Waals surface area contributed by atoms with E-state index in [4.69, 9.17) is 4.74 Å². The first kappa shape index (κ1) is 18.5. The van der Waals surface area contributed by atoms with E-state index in [2.05, 4.69) is 20.4 Å². The van der Waals surface area contributed by atoms with E-state index in [0.717, 1.165) is 41.0 Å². The summed E-state index contributed by atoms with van der Waals surface area (Å²) in [7, 11) is 1.64. The molecule has 28 heavy (non-hydrogen) atoms. The van der Waals surface area contributed by atoms with Gasteiger partial charge in [0.05, 0.1) is 13.0 Å². The molecule has 3 aromatic rings. The minimum atomic E-state index is -0.0433. The fourth-order valence-electron chi connectivity index (χ4n) is 3.38. The number of benzene rings is 1. The lowest BCUT2D eigenvalue weighted by Gasteiger charge is -2.31. The van der Waals surface area contributed by atoms with Crippen LogP contribution in [0.4, 0.5) is 5.13 Å². The van der Waals surface area contributed by atoms with Crippen molar-refractivity contribution < 1.29 is 9.53 Å². The van der Waals surface area contributed by atoms with Crippen molar-refractivity contribution in [2.75, 3.05) is 25.1 Å². The Morgan fingerprint density at radius 2 is 2.07 bits per heavy atom. The van der Waals surface area contributed by atoms with Crippen molar-refractivity contribution >= 4 is 22.4 Å². The molecular weight excluding hydrogens is 374 g/mol. The largest absolute Gasteiger partial charge is 0.497 e. The Hall–Kier alpha value is -2.87. The molecule has 1 N–H and O–H groups in total. The molecule has 0 unspecified atom stereocenters. The lowest BCUT2D eigenvalue weighted by atomic mass is 9.97. The predicted octanol–water partition coefficient (Wildman–Crippen LogP) is 2.87. The monoisotopic (exact) mass is 397 g/mol. The molecule has 0 aliphatic carbocycles. The maximum absolute atomic E-state index is 12.7. The zero-order chi connectivity index (χ0) is 19.3. The molecule has 3 heterocycles. The van der Waals surface area contributed by atoms with Crippen molar-refractivity contribution in [2.45, 2.75) is 19.4 Å². The Morgan fingerprint density at radius 1 is 1.25 bits per heavy atom. The minimum absolute atomic E-state index is 0.0433. The topological polar surface area (TPSA) is 72.3 Å². The third kappa shape index (κ3) is 4.17. The van der Waals surface area contributed by atoms with Crippen LogP contribution < -0.4 is 15.0 Å². The van der Waals surface area contributed by atoms with Gasteiger partial charge < -0.3 is 15.0 Å². The van der Waals surface area contributed by atoms with E-state index in [0.29, 0.717) is 13.1 Å². The molecule has 0 spiro atoms. The van der Waals surface area contributed by atoms with Crippen LogP contribution in [0.2, 0.25) is 0 Å². The van der Waals surface area contributed by atoms with E-state index in [-0.39, 0.29) is 11.8 Å². The molecule has 1 fully saturated rings. The van der Waals surface area contributed by atoms with Gasteiger partial charge in [0.25, 0.3) is 0 Å². The number of anilines is 1. The van der Waals surface area contributed by atoms with E-state index >= 15 is 0 Å². The van der Waals surface area contributed by atoms with Gasteiger partial charge >= 0.3 is 0 Å². The zero-order valence-electron chi connectivity index (χ0n) is 15.7. The number of hydrogen-bond acceptors (Lipinski definition) is 6. The van der Waals surface area contributed by atoms with Gasteiger partial charge in [0.1, 0.15) is 5.75 Å². The summed E-state index contributed by atoms with van der Waals surface area (Å²) >= 11 is 1.55. The number of nitrogens with one attached hydrogen (secondary N) is 1. The van der Waals surface area contributed by atoms with Crippen LogP contribution in [0.25, 0.3) is 5.13 Å². The second-order valence-corrected chi connectivity index (χ2v) is 7.75. The molecule has 1 aliphatic rings. The highest BCUT2D eigenvalue weighted by molar-refractivity contribution is 7.17. The second-order valence-electron chi connectivity index (χ2n) is 6.81. The van der Waals surface area contributed by atoms with E-state index in [1.807, 2.05) is 53.4 Å².